The van der Waals surface area contributed by atoms with E-state index in [2.05, 4.69) is 42.8 Å². The van der Waals surface area contributed by atoms with Crippen molar-refractivity contribution in [2.45, 2.75) is 33.5 Å². The number of aromatic nitrogens is 2. The molecule has 2 aromatic rings. The zero-order valence-electron chi connectivity index (χ0n) is 12.7. The first-order valence-electron chi connectivity index (χ1n) is 6.70. The Kier molecular flexibility index (Phi) is 4.08. The summed E-state index contributed by atoms with van der Waals surface area (Å²) in [5.74, 6) is 0.898. The van der Waals surface area contributed by atoms with Crippen LogP contribution in [0.1, 0.15) is 18.1 Å². The molecule has 0 radical (unpaired) electrons. The summed E-state index contributed by atoms with van der Waals surface area (Å²) in [4.78, 5) is 4.70. The molecule has 0 aliphatic heterocycles. The van der Waals surface area contributed by atoms with Gasteiger partial charge in [0, 0.05) is 17.5 Å². The molecule has 0 aliphatic carbocycles. The monoisotopic (exact) mass is 287 g/mol. The summed E-state index contributed by atoms with van der Waals surface area (Å²) < 4.78 is 6.19. The van der Waals surface area contributed by atoms with Gasteiger partial charge in [-0.05, 0) is 45.1 Å². The molecule has 1 heterocycles. The number of aryl methyl sites for hydroxylation is 1. The van der Waals surface area contributed by atoms with E-state index in [0.29, 0.717) is 0 Å². The number of rotatable bonds is 4. The molecule has 0 aliphatic rings. The van der Waals surface area contributed by atoms with Crippen LogP contribution in [0.5, 0.6) is 5.75 Å². The van der Waals surface area contributed by atoms with Crippen molar-refractivity contribution in [3.63, 3.8) is 0 Å². The fourth-order valence-corrected chi connectivity index (χ4v) is 2.74. The summed E-state index contributed by atoms with van der Waals surface area (Å²) in [6.45, 7) is 10.6. The van der Waals surface area contributed by atoms with E-state index in [1.807, 2.05) is 25.3 Å². The van der Waals surface area contributed by atoms with Crippen molar-refractivity contribution >= 4 is 19.7 Å². The predicted octanol–water partition coefficient (Wildman–Crippen LogP) is 4.07. The minimum atomic E-state index is -1.67. The SMILES string of the molecule is C/C(=N\c1cccc(C)c1O[Si](C)(C)C)c1cn[nH]c1. The van der Waals surface area contributed by atoms with Gasteiger partial charge in [-0.2, -0.15) is 5.10 Å². The second-order valence-corrected chi connectivity index (χ2v) is 10.3. The highest BCUT2D eigenvalue weighted by atomic mass is 28.4. The molecule has 1 aromatic carbocycles. The number of benzene rings is 1. The fraction of sp³-hybridized carbons (Fsp3) is 0.333. The summed E-state index contributed by atoms with van der Waals surface area (Å²) in [5.41, 5.74) is 3.91. The van der Waals surface area contributed by atoms with Crippen LogP contribution in [0.4, 0.5) is 5.69 Å². The van der Waals surface area contributed by atoms with Crippen LogP contribution in [0.3, 0.4) is 0 Å². The molecule has 1 aromatic heterocycles. The third-order valence-corrected chi connectivity index (χ3v) is 3.62. The first-order valence-corrected chi connectivity index (χ1v) is 10.1. The van der Waals surface area contributed by atoms with E-state index in [4.69, 9.17) is 9.42 Å². The van der Waals surface area contributed by atoms with Gasteiger partial charge in [0.15, 0.2) is 0 Å². The van der Waals surface area contributed by atoms with E-state index in [1.54, 1.807) is 6.20 Å². The van der Waals surface area contributed by atoms with Crippen LogP contribution in [0, 0.1) is 6.92 Å². The average molecular weight is 287 g/mol. The molecule has 0 saturated carbocycles. The molecule has 0 unspecified atom stereocenters. The summed E-state index contributed by atoms with van der Waals surface area (Å²) in [7, 11) is -1.67. The minimum absolute atomic E-state index is 0.881. The zero-order valence-corrected chi connectivity index (χ0v) is 13.7. The average Bonchev–Trinajstić information content (AvgIpc) is 2.86. The maximum Gasteiger partial charge on any atom is 0.242 e. The van der Waals surface area contributed by atoms with E-state index in [-0.39, 0.29) is 0 Å². The van der Waals surface area contributed by atoms with Gasteiger partial charge in [0.1, 0.15) is 11.4 Å². The molecule has 1 N–H and O–H groups in total. The number of nitrogens with zero attached hydrogens (tertiary/aromatic N) is 2. The summed E-state index contributed by atoms with van der Waals surface area (Å²) in [6, 6.07) is 6.06. The van der Waals surface area contributed by atoms with Crippen molar-refractivity contribution in [2.75, 3.05) is 0 Å². The van der Waals surface area contributed by atoms with E-state index in [0.717, 1.165) is 28.3 Å². The van der Waals surface area contributed by atoms with Crippen molar-refractivity contribution in [3.8, 4) is 5.75 Å². The molecule has 0 amide bonds. The van der Waals surface area contributed by atoms with Crippen molar-refractivity contribution in [1.82, 2.24) is 10.2 Å². The number of hydrogen-bond donors (Lipinski definition) is 1. The van der Waals surface area contributed by atoms with Gasteiger partial charge in [-0.1, -0.05) is 12.1 Å². The van der Waals surface area contributed by atoms with E-state index in [9.17, 15) is 0 Å². The number of para-hydroxylation sites is 1. The molecule has 0 atom stereocenters. The zero-order chi connectivity index (χ0) is 14.8. The van der Waals surface area contributed by atoms with Crippen LogP contribution >= 0.6 is 0 Å². The van der Waals surface area contributed by atoms with Crippen molar-refractivity contribution in [3.05, 3.63) is 41.7 Å². The molecule has 106 valence electrons. The Morgan fingerprint density at radius 3 is 2.65 bits per heavy atom. The molecule has 4 nitrogen and oxygen atoms in total. The molecule has 0 fully saturated rings. The fourth-order valence-electron chi connectivity index (χ4n) is 1.86. The van der Waals surface area contributed by atoms with Gasteiger partial charge in [-0.3, -0.25) is 5.10 Å². The maximum absolute atomic E-state index is 6.19. The molecule has 0 saturated heterocycles. The summed E-state index contributed by atoms with van der Waals surface area (Å²) in [5, 5.41) is 6.76. The van der Waals surface area contributed by atoms with Gasteiger partial charge in [-0.25, -0.2) is 4.99 Å². The lowest BCUT2D eigenvalue weighted by Gasteiger charge is -2.22. The van der Waals surface area contributed by atoms with Crippen LogP contribution in [0.15, 0.2) is 35.6 Å². The van der Waals surface area contributed by atoms with Gasteiger partial charge in [0.05, 0.1) is 6.20 Å². The topological polar surface area (TPSA) is 50.3 Å². The Balaban J connectivity index is 2.42. The first kappa shape index (κ1) is 14.5. The standard InChI is InChI=1S/C15H21N3OSi/c1-11-7-6-8-14(15(11)19-20(3,4)5)18-12(2)13-9-16-17-10-13/h6-10H,1-5H3,(H,16,17)/b18-12+. The third kappa shape index (κ3) is 3.57. The summed E-state index contributed by atoms with van der Waals surface area (Å²) in [6.07, 6.45) is 3.61. The lowest BCUT2D eigenvalue weighted by molar-refractivity contribution is 0.554. The summed E-state index contributed by atoms with van der Waals surface area (Å²) >= 11 is 0. The molecule has 20 heavy (non-hydrogen) atoms. The number of hydrogen-bond acceptors (Lipinski definition) is 3. The Hall–Kier alpha value is -1.88. The highest BCUT2D eigenvalue weighted by molar-refractivity contribution is 6.70. The van der Waals surface area contributed by atoms with Gasteiger partial charge >= 0.3 is 0 Å². The highest BCUT2D eigenvalue weighted by Gasteiger charge is 2.19. The van der Waals surface area contributed by atoms with Crippen LogP contribution < -0.4 is 4.43 Å². The highest BCUT2D eigenvalue weighted by Crippen LogP contribution is 2.33. The van der Waals surface area contributed by atoms with Gasteiger partial charge in [0.25, 0.3) is 0 Å². The van der Waals surface area contributed by atoms with E-state index in [1.165, 1.54) is 0 Å². The number of H-pyrrole nitrogens is 1. The third-order valence-electron chi connectivity index (χ3n) is 2.80. The number of nitrogens with one attached hydrogen (secondary N) is 1. The lowest BCUT2D eigenvalue weighted by atomic mass is 10.2. The van der Waals surface area contributed by atoms with Crippen LogP contribution in [-0.2, 0) is 0 Å². The minimum Gasteiger partial charge on any atom is -0.543 e. The predicted molar refractivity (Wildman–Crippen MR) is 85.6 cm³/mol. The Bertz CT molecular complexity index is 613. The molecule has 2 rings (SSSR count). The molecule has 0 spiro atoms. The first-order chi connectivity index (χ1) is 9.37. The van der Waals surface area contributed by atoms with Crippen molar-refractivity contribution in [1.29, 1.82) is 0 Å². The maximum atomic E-state index is 6.19. The van der Waals surface area contributed by atoms with Crippen LogP contribution in [0.2, 0.25) is 19.6 Å². The lowest BCUT2D eigenvalue weighted by Crippen LogP contribution is -2.29. The van der Waals surface area contributed by atoms with E-state index >= 15 is 0 Å². The quantitative estimate of drug-likeness (QED) is 0.680. The Morgan fingerprint density at radius 1 is 1.30 bits per heavy atom. The van der Waals surface area contributed by atoms with Gasteiger partial charge < -0.3 is 4.43 Å². The molecular weight excluding hydrogens is 266 g/mol. The number of aliphatic imine (C=N–C) groups is 1. The molecule has 5 heteroatoms. The molecule has 0 bridgehead atoms. The smallest absolute Gasteiger partial charge is 0.242 e. The number of aromatic amines is 1. The Morgan fingerprint density at radius 2 is 2.05 bits per heavy atom. The second-order valence-electron chi connectivity index (χ2n) is 5.82. The molecular formula is C15H21N3OSi. The largest absolute Gasteiger partial charge is 0.543 e. The van der Waals surface area contributed by atoms with Crippen molar-refractivity contribution < 1.29 is 4.43 Å². The van der Waals surface area contributed by atoms with Crippen molar-refractivity contribution in [2.24, 2.45) is 4.99 Å². The van der Waals surface area contributed by atoms with E-state index < -0.39 is 8.32 Å². The second kappa shape index (κ2) is 5.62. The Labute approximate surface area is 121 Å². The van der Waals surface area contributed by atoms with Crippen LogP contribution in [-0.4, -0.2) is 24.2 Å². The normalized spacial score (nSPS) is 12.6. The van der Waals surface area contributed by atoms with Gasteiger partial charge in [0.2, 0.25) is 8.32 Å². The van der Waals surface area contributed by atoms with Crippen LogP contribution in [0.25, 0.3) is 0 Å². The van der Waals surface area contributed by atoms with Gasteiger partial charge in [-0.15, -0.1) is 0 Å².